The van der Waals surface area contributed by atoms with Crippen LogP contribution in [0.3, 0.4) is 0 Å². The molecule has 106 valence electrons. The highest BCUT2D eigenvalue weighted by Gasteiger charge is 2.11. The Kier molecular flexibility index (Phi) is 5.18. The van der Waals surface area contributed by atoms with Gasteiger partial charge in [-0.25, -0.2) is 0 Å². The minimum absolute atomic E-state index is 0.0738. The van der Waals surface area contributed by atoms with Crippen molar-refractivity contribution >= 4 is 11.6 Å². The van der Waals surface area contributed by atoms with Crippen molar-refractivity contribution in [1.29, 1.82) is 0 Å². The van der Waals surface area contributed by atoms with Gasteiger partial charge in [0.15, 0.2) is 0 Å². The molecule has 0 aromatic heterocycles. The highest BCUT2D eigenvalue weighted by molar-refractivity contribution is 6.30. The molecule has 0 bridgehead atoms. The van der Waals surface area contributed by atoms with Crippen LogP contribution in [0.15, 0.2) is 48.5 Å². The number of nitrogens with one attached hydrogen (secondary N) is 1. The first-order valence-electron chi connectivity index (χ1n) is 6.81. The van der Waals surface area contributed by atoms with Crippen LogP contribution in [0.2, 0.25) is 5.02 Å². The molecule has 0 aliphatic carbocycles. The van der Waals surface area contributed by atoms with Crippen molar-refractivity contribution in [2.45, 2.75) is 32.5 Å². The summed E-state index contributed by atoms with van der Waals surface area (Å²) in [6.07, 6.45) is 0. The molecule has 2 unspecified atom stereocenters. The van der Waals surface area contributed by atoms with Crippen LogP contribution in [0.5, 0.6) is 0 Å². The highest BCUT2D eigenvalue weighted by atomic mass is 35.5. The van der Waals surface area contributed by atoms with Crippen LogP contribution in [-0.4, -0.2) is 5.11 Å². The number of aliphatic hydroxyl groups is 1. The maximum Gasteiger partial charge on any atom is 0.0681 e. The zero-order valence-electron chi connectivity index (χ0n) is 11.8. The normalized spacial score (nSPS) is 14.0. The minimum atomic E-state index is 0.0738. The molecular weight excluding hydrogens is 270 g/mol. The SMILES string of the molecule is CC(NC(C)c1cccc(CO)c1)c1cccc(Cl)c1. The van der Waals surface area contributed by atoms with E-state index < -0.39 is 0 Å². The lowest BCUT2D eigenvalue weighted by molar-refractivity contribution is 0.281. The summed E-state index contributed by atoms with van der Waals surface area (Å²) in [5, 5.41) is 13.5. The first-order valence-corrected chi connectivity index (χ1v) is 7.19. The molecule has 2 aromatic carbocycles. The molecule has 0 fully saturated rings. The lowest BCUT2D eigenvalue weighted by Gasteiger charge is -2.21. The van der Waals surface area contributed by atoms with Gasteiger partial charge in [0.1, 0.15) is 0 Å². The van der Waals surface area contributed by atoms with E-state index in [2.05, 4.69) is 31.3 Å². The number of hydrogen-bond acceptors (Lipinski definition) is 2. The minimum Gasteiger partial charge on any atom is -0.392 e. The third kappa shape index (κ3) is 3.83. The summed E-state index contributed by atoms with van der Waals surface area (Å²) in [4.78, 5) is 0. The second-order valence-electron chi connectivity index (χ2n) is 5.07. The van der Waals surface area contributed by atoms with Gasteiger partial charge in [0, 0.05) is 17.1 Å². The van der Waals surface area contributed by atoms with Crippen LogP contribution in [0.1, 0.15) is 42.6 Å². The van der Waals surface area contributed by atoms with Crippen LogP contribution in [0.4, 0.5) is 0 Å². The van der Waals surface area contributed by atoms with E-state index >= 15 is 0 Å². The van der Waals surface area contributed by atoms with Crippen molar-refractivity contribution in [3.05, 3.63) is 70.2 Å². The lowest BCUT2D eigenvalue weighted by atomic mass is 10.0. The molecule has 0 radical (unpaired) electrons. The Morgan fingerprint density at radius 1 is 1.00 bits per heavy atom. The first kappa shape index (κ1) is 15.0. The monoisotopic (exact) mass is 289 g/mol. The molecule has 0 saturated carbocycles. The van der Waals surface area contributed by atoms with Gasteiger partial charge in [-0.3, -0.25) is 0 Å². The summed E-state index contributed by atoms with van der Waals surface area (Å²) >= 11 is 6.03. The van der Waals surface area contributed by atoms with Crippen molar-refractivity contribution in [1.82, 2.24) is 5.32 Å². The predicted octanol–water partition coefficient (Wildman–Crippen LogP) is 4.24. The third-order valence-corrected chi connectivity index (χ3v) is 3.72. The van der Waals surface area contributed by atoms with Crippen LogP contribution < -0.4 is 5.32 Å². The van der Waals surface area contributed by atoms with E-state index in [4.69, 9.17) is 11.6 Å². The summed E-state index contributed by atoms with van der Waals surface area (Å²) < 4.78 is 0. The van der Waals surface area contributed by atoms with Gasteiger partial charge < -0.3 is 10.4 Å². The Balaban J connectivity index is 2.08. The molecule has 20 heavy (non-hydrogen) atoms. The fourth-order valence-corrected chi connectivity index (χ4v) is 2.50. The average Bonchev–Trinajstić information content (AvgIpc) is 2.47. The fraction of sp³-hybridized carbons (Fsp3) is 0.294. The summed E-state index contributed by atoms with van der Waals surface area (Å²) in [6.45, 7) is 4.32. The van der Waals surface area contributed by atoms with E-state index in [1.165, 1.54) is 11.1 Å². The van der Waals surface area contributed by atoms with Crippen molar-refractivity contribution in [3.63, 3.8) is 0 Å². The third-order valence-electron chi connectivity index (χ3n) is 3.48. The quantitative estimate of drug-likeness (QED) is 0.863. The van der Waals surface area contributed by atoms with E-state index in [1.807, 2.05) is 36.4 Å². The molecule has 0 aliphatic rings. The van der Waals surface area contributed by atoms with E-state index in [-0.39, 0.29) is 18.7 Å². The number of rotatable bonds is 5. The topological polar surface area (TPSA) is 32.3 Å². The number of benzene rings is 2. The summed E-state index contributed by atoms with van der Waals surface area (Å²) in [5.41, 5.74) is 3.28. The van der Waals surface area contributed by atoms with Gasteiger partial charge >= 0.3 is 0 Å². The molecule has 2 aromatic rings. The van der Waals surface area contributed by atoms with Crippen molar-refractivity contribution in [2.75, 3.05) is 0 Å². The molecule has 2 N–H and O–H groups in total. The van der Waals surface area contributed by atoms with E-state index in [0.717, 1.165) is 10.6 Å². The van der Waals surface area contributed by atoms with Gasteiger partial charge in [-0.2, -0.15) is 0 Å². The summed E-state index contributed by atoms with van der Waals surface area (Å²) in [6, 6.07) is 16.3. The Bertz CT molecular complexity index is 570. The van der Waals surface area contributed by atoms with Crippen LogP contribution >= 0.6 is 11.6 Å². The molecule has 0 amide bonds. The Labute approximate surface area is 125 Å². The standard InChI is InChI=1S/C17H20ClNO/c1-12(15-6-3-5-14(9-15)11-20)19-13(2)16-7-4-8-17(18)10-16/h3-10,12-13,19-20H,11H2,1-2H3. The average molecular weight is 290 g/mol. The molecule has 0 saturated heterocycles. The molecular formula is C17H20ClNO. The lowest BCUT2D eigenvalue weighted by Crippen LogP contribution is -2.22. The molecule has 0 spiro atoms. The van der Waals surface area contributed by atoms with Gasteiger partial charge in [0.25, 0.3) is 0 Å². The van der Waals surface area contributed by atoms with Crippen molar-refractivity contribution < 1.29 is 5.11 Å². The molecule has 2 nitrogen and oxygen atoms in total. The maximum atomic E-state index is 9.20. The fourth-order valence-electron chi connectivity index (χ4n) is 2.30. The zero-order valence-corrected chi connectivity index (χ0v) is 12.6. The van der Waals surface area contributed by atoms with Crippen molar-refractivity contribution in [2.24, 2.45) is 0 Å². The van der Waals surface area contributed by atoms with Gasteiger partial charge in [0.05, 0.1) is 6.61 Å². The zero-order chi connectivity index (χ0) is 14.5. The van der Waals surface area contributed by atoms with Gasteiger partial charge in [-0.1, -0.05) is 48.0 Å². The molecule has 3 heteroatoms. The van der Waals surface area contributed by atoms with E-state index in [0.29, 0.717) is 0 Å². The van der Waals surface area contributed by atoms with Crippen LogP contribution in [-0.2, 0) is 6.61 Å². The Hall–Kier alpha value is -1.35. The van der Waals surface area contributed by atoms with Gasteiger partial charge in [-0.15, -0.1) is 0 Å². The van der Waals surface area contributed by atoms with E-state index in [9.17, 15) is 5.11 Å². The molecule has 0 aliphatic heterocycles. The highest BCUT2D eigenvalue weighted by Crippen LogP contribution is 2.22. The Morgan fingerprint density at radius 2 is 1.60 bits per heavy atom. The van der Waals surface area contributed by atoms with Gasteiger partial charge in [-0.05, 0) is 42.7 Å². The van der Waals surface area contributed by atoms with Crippen molar-refractivity contribution in [3.8, 4) is 0 Å². The number of hydrogen-bond donors (Lipinski definition) is 2. The summed E-state index contributed by atoms with van der Waals surface area (Å²) in [7, 11) is 0. The maximum absolute atomic E-state index is 9.20. The first-order chi connectivity index (χ1) is 9.60. The van der Waals surface area contributed by atoms with Gasteiger partial charge in [0.2, 0.25) is 0 Å². The number of aliphatic hydroxyl groups excluding tert-OH is 1. The number of halogens is 1. The largest absolute Gasteiger partial charge is 0.392 e. The van der Waals surface area contributed by atoms with E-state index in [1.54, 1.807) is 0 Å². The van der Waals surface area contributed by atoms with Crippen LogP contribution in [0, 0.1) is 0 Å². The second kappa shape index (κ2) is 6.89. The molecule has 0 heterocycles. The second-order valence-corrected chi connectivity index (χ2v) is 5.50. The smallest absolute Gasteiger partial charge is 0.0681 e. The molecule has 2 rings (SSSR count). The Morgan fingerprint density at radius 3 is 2.20 bits per heavy atom. The summed E-state index contributed by atoms with van der Waals surface area (Å²) in [5.74, 6) is 0. The predicted molar refractivity (Wildman–Crippen MR) is 83.8 cm³/mol. The molecule has 2 atom stereocenters. The van der Waals surface area contributed by atoms with Crippen LogP contribution in [0.25, 0.3) is 0 Å².